The number of hydrogen-bond donors (Lipinski definition) is 1. The molecule has 8 heteroatoms. The van der Waals surface area contributed by atoms with E-state index in [1.54, 1.807) is 29.2 Å². The molecule has 2 rings (SSSR count). The number of piperidine rings is 1. The summed E-state index contributed by atoms with van der Waals surface area (Å²) < 4.78 is 32.7. The zero-order valence-electron chi connectivity index (χ0n) is 16.1. The van der Waals surface area contributed by atoms with Gasteiger partial charge in [0.15, 0.2) is 0 Å². The molecule has 148 valence electrons. The van der Waals surface area contributed by atoms with Gasteiger partial charge in [-0.2, -0.15) is 5.26 Å². The number of likely N-dealkylation sites (tertiary alicyclic amines) is 1. The van der Waals surface area contributed by atoms with Gasteiger partial charge in [0.25, 0.3) is 0 Å². The molecule has 1 amide bonds. The Morgan fingerprint density at radius 3 is 2.59 bits per heavy atom. The number of ether oxygens (including phenoxy) is 1. The van der Waals surface area contributed by atoms with Gasteiger partial charge >= 0.3 is 6.09 Å². The van der Waals surface area contributed by atoms with Crippen molar-refractivity contribution in [1.82, 2.24) is 9.62 Å². The molecule has 0 spiro atoms. The molecule has 0 unspecified atom stereocenters. The largest absolute Gasteiger partial charge is 0.444 e. The van der Waals surface area contributed by atoms with E-state index in [-0.39, 0.29) is 24.3 Å². The van der Waals surface area contributed by atoms with Crippen LogP contribution in [0, 0.1) is 17.2 Å². The number of nitriles is 1. The summed E-state index contributed by atoms with van der Waals surface area (Å²) in [5.41, 5.74) is 0.571. The van der Waals surface area contributed by atoms with Crippen LogP contribution in [0.3, 0.4) is 0 Å². The Labute approximate surface area is 161 Å². The Bertz CT molecular complexity index is 792. The Kier molecular flexibility index (Phi) is 6.84. The predicted molar refractivity (Wildman–Crippen MR) is 102 cm³/mol. The van der Waals surface area contributed by atoms with Crippen molar-refractivity contribution in [1.29, 1.82) is 5.26 Å². The molecule has 7 nitrogen and oxygen atoms in total. The van der Waals surface area contributed by atoms with Crippen LogP contribution < -0.4 is 4.72 Å². The lowest BCUT2D eigenvalue weighted by molar-refractivity contribution is 0.0169. The van der Waals surface area contributed by atoms with Crippen molar-refractivity contribution < 1.29 is 17.9 Å². The highest BCUT2D eigenvalue weighted by Gasteiger charge is 2.28. The minimum Gasteiger partial charge on any atom is -0.444 e. The van der Waals surface area contributed by atoms with Crippen LogP contribution in [0.5, 0.6) is 0 Å². The van der Waals surface area contributed by atoms with E-state index in [2.05, 4.69) is 4.72 Å². The van der Waals surface area contributed by atoms with Crippen molar-refractivity contribution in [3.63, 3.8) is 0 Å². The molecule has 1 N–H and O–H groups in total. The van der Waals surface area contributed by atoms with Gasteiger partial charge in [0, 0.05) is 19.6 Å². The van der Waals surface area contributed by atoms with E-state index < -0.39 is 15.6 Å². The van der Waals surface area contributed by atoms with Crippen LogP contribution in [0.15, 0.2) is 24.3 Å². The average Bonchev–Trinajstić information content (AvgIpc) is 2.59. The maximum Gasteiger partial charge on any atom is 0.410 e. The molecule has 0 aromatic heterocycles. The number of hydrogen-bond acceptors (Lipinski definition) is 5. The fourth-order valence-corrected chi connectivity index (χ4v) is 4.14. The van der Waals surface area contributed by atoms with Crippen molar-refractivity contribution in [2.75, 3.05) is 19.6 Å². The monoisotopic (exact) mass is 393 g/mol. The fourth-order valence-electron chi connectivity index (χ4n) is 2.91. The van der Waals surface area contributed by atoms with Crippen LogP contribution in [0.4, 0.5) is 4.79 Å². The number of nitrogens with zero attached hydrogens (tertiary/aromatic N) is 2. The number of carbonyl (C=O) groups is 1. The molecule has 1 atom stereocenters. The summed E-state index contributed by atoms with van der Waals surface area (Å²) in [6.07, 6.45) is 1.33. The second kappa shape index (κ2) is 8.72. The van der Waals surface area contributed by atoms with E-state index in [9.17, 15) is 13.2 Å². The highest BCUT2D eigenvalue weighted by Crippen LogP contribution is 2.19. The molecule has 27 heavy (non-hydrogen) atoms. The van der Waals surface area contributed by atoms with Gasteiger partial charge in [-0.05, 0) is 57.2 Å². The van der Waals surface area contributed by atoms with Gasteiger partial charge in [-0.15, -0.1) is 0 Å². The van der Waals surface area contributed by atoms with Crippen molar-refractivity contribution in [2.24, 2.45) is 5.92 Å². The number of sulfonamides is 1. The van der Waals surface area contributed by atoms with Crippen LogP contribution in [-0.2, 0) is 20.5 Å². The van der Waals surface area contributed by atoms with Crippen LogP contribution in [0.2, 0.25) is 0 Å². The molecule has 0 bridgehead atoms. The molecule has 1 aliphatic heterocycles. The summed E-state index contributed by atoms with van der Waals surface area (Å²) in [6.45, 7) is 6.87. The third-order valence-corrected chi connectivity index (χ3v) is 5.52. The Morgan fingerprint density at radius 2 is 2.00 bits per heavy atom. The van der Waals surface area contributed by atoms with Crippen LogP contribution >= 0.6 is 0 Å². The molecular weight excluding hydrogens is 366 g/mol. The highest BCUT2D eigenvalue weighted by molar-refractivity contribution is 7.88. The first kappa shape index (κ1) is 21.2. The minimum atomic E-state index is -3.49. The third-order valence-electron chi connectivity index (χ3n) is 4.20. The molecular formula is C19H27N3O4S. The number of rotatable bonds is 5. The minimum absolute atomic E-state index is 0.0574. The number of carbonyl (C=O) groups excluding carboxylic acids is 1. The highest BCUT2D eigenvalue weighted by atomic mass is 32.2. The third kappa shape index (κ3) is 7.19. The van der Waals surface area contributed by atoms with E-state index in [0.717, 1.165) is 12.8 Å². The van der Waals surface area contributed by atoms with Crippen molar-refractivity contribution in [3.05, 3.63) is 35.4 Å². The lowest BCUT2D eigenvalue weighted by atomic mass is 9.99. The van der Waals surface area contributed by atoms with Crippen molar-refractivity contribution in [3.8, 4) is 6.07 Å². The second-order valence-corrected chi connectivity index (χ2v) is 9.66. The van der Waals surface area contributed by atoms with Gasteiger partial charge in [0.1, 0.15) is 5.60 Å². The zero-order valence-corrected chi connectivity index (χ0v) is 16.9. The molecule has 0 saturated carbocycles. The molecule has 0 radical (unpaired) electrons. The Hall–Kier alpha value is -2.11. The summed E-state index contributed by atoms with van der Waals surface area (Å²) in [5.74, 6) is -0.0803. The summed E-state index contributed by atoms with van der Waals surface area (Å²) in [7, 11) is -3.49. The molecule has 1 aliphatic rings. The van der Waals surface area contributed by atoms with Gasteiger partial charge in [-0.1, -0.05) is 12.1 Å². The first-order valence-corrected chi connectivity index (χ1v) is 10.7. The van der Waals surface area contributed by atoms with E-state index in [1.807, 2.05) is 26.8 Å². The normalized spacial score (nSPS) is 18.0. The first-order valence-electron chi connectivity index (χ1n) is 9.02. The van der Waals surface area contributed by atoms with E-state index in [4.69, 9.17) is 10.00 Å². The molecule has 1 saturated heterocycles. The maximum atomic E-state index is 12.3. The van der Waals surface area contributed by atoms with Crippen molar-refractivity contribution in [2.45, 2.75) is 45.0 Å². The van der Waals surface area contributed by atoms with Gasteiger partial charge in [-0.25, -0.2) is 17.9 Å². The summed E-state index contributed by atoms with van der Waals surface area (Å²) in [4.78, 5) is 13.8. The number of amides is 1. The quantitative estimate of drug-likeness (QED) is 0.829. The second-order valence-electron chi connectivity index (χ2n) is 7.85. The van der Waals surface area contributed by atoms with Crippen LogP contribution in [0.1, 0.15) is 44.7 Å². The number of benzene rings is 1. The first-order chi connectivity index (χ1) is 12.6. The average molecular weight is 394 g/mol. The van der Waals surface area contributed by atoms with E-state index >= 15 is 0 Å². The van der Waals surface area contributed by atoms with Gasteiger partial charge in [-0.3, -0.25) is 0 Å². The van der Waals surface area contributed by atoms with E-state index in [1.165, 1.54) is 0 Å². The fraction of sp³-hybridized carbons (Fsp3) is 0.579. The van der Waals surface area contributed by atoms with Crippen LogP contribution in [0.25, 0.3) is 0 Å². The van der Waals surface area contributed by atoms with Gasteiger partial charge in [0.2, 0.25) is 10.0 Å². The molecule has 1 aromatic rings. The molecule has 1 fully saturated rings. The Balaban J connectivity index is 1.87. The van der Waals surface area contributed by atoms with E-state index in [0.29, 0.717) is 24.2 Å². The van der Waals surface area contributed by atoms with Crippen molar-refractivity contribution >= 4 is 16.1 Å². The predicted octanol–water partition coefficient (Wildman–Crippen LogP) is 2.62. The maximum absolute atomic E-state index is 12.3. The smallest absolute Gasteiger partial charge is 0.410 e. The SMILES string of the molecule is CC(C)(C)OC(=O)N1CCC[C@@H](CNS(=O)(=O)Cc2ccc(C#N)cc2)C1. The van der Waals surface area contributed by atoms with Gasteiger partial charge < -0.3 is 9.64 Å². The van der Waals surface area contributed by atoms with Crippen LogP contribution in [-0.4, -0.2) is 44.6 Å². The molecule has 1 heterocycles. The summed E-state index contributed by atoms with van der Waals surface area (Å²) in [6, 6.07) is 8.49. The summed E-state index contributed by atoms with van der Waals surface area (Å²) >= 11 is 0. The topological polar surface area (TPSA) is 99.5 Å². The number of nitrogens with one attached hydrogen (secondary N) is 1. The molecule has 1 aromatic carbocycles. The lowest BCUT2D eigenvalue weighted by Crippen LogP contribution is -2.45. The standard InChI is InChI=1S/C19H27N3O4S/c1-19(2,3)26-18(23)22-10-4-5-17(13-22)12-21-27(24,25)14-16-8-6-15(11-20)7-9-16/h6-9,17,21H,4-5,10,12-14H2,1-3H3/t17-/m0/s1. The lowest BCUT2D eigenvalue weighted by Gasteiger charge is -2.34. The molecule has 0 aliphatic carbocycles. The van der Waals surface area contributed by atoms with Gasteiger partial charge in [0.05, 0.1) is 17.4 Å². The Morgan fingerprint density at radius 1 is 1.33 bits per heavy atom. The summed E-state index contributed by atoms with van der Waals surface area (Å²) in [5, 5.41) is 8.79. The zero-order chi connectivity index (χ0) is 20.1.